The van der Waals surface area contributed by atoms with Crippen molar-refractivity contribution in [3.8, 4) is 21.1 Å². The number of rotatable bonds is 2. The lowest BCUT2D eigenvalue weighted by Gasteiger charge is -2.06. The van der Waals surface area contributed by atoms with Gasteiger partial charge in [-0.25, -0.2) is 9.97 Å². The number of fused-ring (bicyclic) bond motifs is 9. The van der Waals surface area contributed by atoms with Crippen molar-refractivity contribution < 1.29 is 26.3 Å². The zero-order chi connectivity index (χ0) is 27.6. The van der Waals surface area contributed by atoms with Crippen LogP contribution in [0.1, 0.15) is 11.1 Å². The number of thiophene rings is 2. The van der Waals surface area contributed by atoms with E-state index < -0.39 is 23.5 Å². The molecule has 0 unspecified atom stereocenters. The third-order valence-electron chi connectivity index (χ3n) is 7.09. The highest BCUT2D eigenvalue weighted by atomic mass is 32.1. The number of hydrogen-bond donors (Lipinski definition) is 0. The van der Waals surface area contributed by atoms with Gasteiger partial charge in [0.25, 0.3) is 0 Å². The number of alkyl halides is 6. The Morgan fingerprint density at radius 1 is 0.575 bits per heavy atom. The average Bonchev–Trinajstić information content (AvgIpc) is 3.72. The van der Waals surface area contributed by atoms with E-state index in [-0.39, 0.29) is 11.0 Å². The summed E-state index contributed by atoms with van der Waals surface area (Å²) in [5, 5.41) is 5.14. The largest absolute Gasteiger partial charge is 0.416 e. The van der Waals surface area contributed by atoms with Crippen LogP contribution in [0.5, 0.6) is 0 Å². The molecule has 0 fully saturated rings. The zero-order valence-corrected chi connectivity index (χ0v) is 21.4. The van der Waals surface area contributed by atoms with Crippen LogP contribution in [0.2, 0.25) is 0 Å². The molecule has 0 N–H and O–H groups in total. The van der Waals surface area contributed by atoms with E-state index in [1.807, 2.05) is 43.8 Å². The van der Waals surface area contributed by atoms with Gasteiger partial charge in [-0.15, -0.1) is 22.7 Å². The molecule has 12 heteroatoms. The van der Waals surface area contributed by atoms with Crippen molar-refractivity contribution in [3.63, 3.8) is 0 Å². The summed E-state index contributed by atoms with van der Waals surface area (Å²) in [6.07, 6.45) is -9.05. The first kappa shape index (κ1) is 23.7. The molecule has 0 aliphatic rings. The first-order chi connectivity index (χ1) is 19.1. The fourth-order valence-corrected chi connectivity index (χ4v) is 7.02. The molecule has 198 valence electrons. The number of halogens is 6. The Kier molecular flexibility index (Phi) is 4.58. The van der Waals surface area contributed by atoms with Gasteiger partial charge in [-0.05, 0) is 59.3 Å². The molecule has 0 atom stereocenters. The minimum Gasteiger partial charge on any atom is -0.290 e. The second-order valence-electron chi connectivity index (χ2n) is 9.35. The van der Waals surface area contributed by atoms with Crippen LogP contribution in [0, 0.1) is 0 Å². The van der Waals surface area contributed by atoms with Gasteiger partial charge in [0.1, 0.15) is 11.3 Å². The average molecular weight is 583 g/mol. The molecule has 2 aromatic carbocycles. The predicted octanol–water partition coefficient (Wildman–Crippen LogP) is 9.37. The maximum Gasteiger partial charge on any atom is 0.416 e. The summed E-state index contributed by atoms with van der Waals surface area (Å²) >= 11 is 2.89. The van der Waals surface area contributed by atoms with Crippen molar-refractivity contribution in [1.29, 1.82) is 0 Å². The maximum absolute atomic E-state index is 13.5. The van der Waals surface area contributed by atoms with Crippen LogP contribution in [-0.4, -0.2) is 18.8 Å². The highest BCUT2D eigenvalue weighted by Gasteiger charge is 2.34. The lowest BCUT2D eigenvalue weighted by molar-refractivity contribution is -0.138. The summed E-state index contributed by atoms with van der Waals surface area (Å²) in [7, 11) is 0. The Balaban J connectivity index is 1.60. The van der Waals surface area contributed by atoms with E-state index in [0.717, 1.165) is 34.0 Å². The standard InChI is InChI=1S/C28H12F6N4S2/c29-27(30,31)13-5-7-17-15(11-13)36-26-22-21(23(37(17)26)19-3-1-9-39-19)25-35-16-12-14(28(32,33)34)6-8-18(16)38(25)24(22)20-4-2-10-40-20/h1-12H. The van der Waals surface area contributed by atoms with Crippen LogP contribution in [0.4, 0.5) is 26.3 Å². The summed E-state index contributed by atoms with van der Waals surface area (Å²) in [6, 6.07) is 14.5. The molecule has 40 heavy (non-hydrogen) atoms. The van der Waals surface area contributed by atoms with Gasteiger partial charge in [-0.3, -0.25) is 8.80 Å². The molecule has 6 heterocycles. The maximum atomic E-state index is 13.5. The van der Waals surface area contributed by atoms with E-state index in [1.165, 1.54) is 34.8 Å². The summed E-state index contributed by atoms with van der Waals surface area (Å²) in [6.45, 7) is 0. The second kappa shape index (κ2) is 7.73. The number of aromatic nitrogens is 4. The van der Waals surface area contributed by atoms with Gasteiger partial charge < -0.3 is 0 Å². The lowest BCUT2D eigenvalue weighted by atomic mass is 10.1. The zero-order valence-electron chi connectivity index (χ0n) is 19.8. The molecule has 0 saturated carbocycles. The van der Waals surface area contributed by atoms with Crippen molar-refractivity contribution in [2.75, 3.05) is 0 Å². The molecule has 0 bridgehead atoms. The van der Waals surface area contributed by atoms with Crippen molar-refractivity contribution >= 4 is 66.8 Å². The molecular weight excluding hydrogens is 570 g/mol. The molecule has 8 rings (SSSR count). The highest BCUT2D eigenvalue weighted by Crippen LogP contribution is 2.48. The third kappa shape index (κ3) is 3.14. The third-order valence-corrected chi connectivity index (χ3v) is 8.84. The molecule has 0 aliphatic heterocycles. The smallest absolute Gasteiger partial charge is 0.290 e. The van der Waals surface area contributed by atoms with E-state index in [4.69, 9.17) is 9.97 Å². The van der Waals surface area contributed by atoms with E-state index in [0.29, 0.717) is 44.5 Å². The second-order valence-corrected chi connectivity index (χ2v) is 11.2. The van der Waals surface area contributed by atoms with Crippen molar-refractivity contribution in [2.24, 2.45) is 0 Å². The molecule has 0 spiro atoms. The number of benzene rings is 2. The van der Waals surface area contributed by atoms with Crippen molar-refractivity contribution in [1.82, 2.24) is 18.8 Å². The van der Waals surface area contributed by atoms with E-state index in [9.17, 15) is 26.3 Å². The van der Waals surface area contributed by atoms with Crippen LogP contribution < -0.4 is 0 Å². The Morgan fingerprint density at radius 2 is 1.00 bits per heavy atom. The van der Waals surface area contributed by atoms with Gasteiger partial charge in [-0.1, -0.05) is 12.1 Å². The fourth-order valence-electron chi connectivity index (χ4n) is 5.49. The Morgan fingerprint density at radius 3 is 1.35 bits per heavy atom. The topological polar surface area (TPSA) is 34.6 Å². The van der Waals surface area contributed by atoms with Crippen LogP contribution in [0.15, 0.2) is 71.4 Å². The monoisotopic (exact) mass is 582 g/mol. The van der Waals surface area contributed by atoms with Crippen LogP contribution in [0.3, 0.4) is 0 Å². The molecule has 8 aromatic rings. The van der Waals surface area contributed by atoms with Gasteiger partial charge in [0, 0.05) is 0 Å². The first-order valence-corrected chi connectivity index (χ1v) is 13.6. The number of nitrogens with zero attached hydrogens (tertiary/aromatic N) is 4. The fraction of sp³-hybridized carbons (Fsp3) is 0.0714. The van der Waals surface area contributed by atoms with E-state index in [2.05, 4.69) is 0 Å². The molecule has 4 nitrogen and oxygen atoms in total. The molecule has 0 aliphatic carbocycles. The van der Waals surface area contributed by atoms with Gasteiger partial charge in [0.2, 0.25) is 0 Å². The van der Waals surface area contributed by atoms with Gasteiger partial charge in [0.05, 0.1) is 65.1 Å². The summed E-state index contributed by atoms with van der Waals surface area (Å²) in [4.78, 5) is 11.1. The summed E-state index contributed by atoms with van der Waals surface area (Å²) in [5.41, 5.74) is 2.07. The molecule has 0 radical (unpaired) electrons. The lowest BCUT2D eigenvalue weighted by Crippen LogP contribution is -2.04. The van der Waals surface area contributed by atoms with Crippen LogP contribution >= 0.6 is 22.7 Å². The summed E-state index contributed by atoms with van der Waals surface area (Å²) in [5.74, 6) is 0. The van der Waals surface area contributed by atoms with Crippen molar-refractivity contribution in [3.05, 3.63) is 82.6 Å². The normalized spacial score (nSPS) is 13.2. The van der Waals surface area contributed by atoms with E-state index in [1.54, 1.807) is 0 Å². The Bertz CT molecular complexity index is 2080. The SMILES string of the molecule is FC(F)(F)c1ccc2c(c1)nc1c3c(-c4cccs4)n4c5ccc(C(F)(F)F)cc5nc4c3c(-c3cccs3)n21. The van der Waals surface area contributed by atoms with Gasteiger partial charge in [-0.2, -0.15) is 26.3 Å². The molecule has 0 amide bonds. The molecular formula is C28H12F6N4S2. The minimum absolute atomic E-state index is 0.195. The van der Waals surface area contributed by atoms with Crippen LogP contribution in [-0.2, 0) is 12.4 Å². The van der Waals surface area contributed by atoms with E-state index >= 15 is 0 Å². The van der Waals surface area contributed by atoms with Gasteiger partial charge in [0.15, 0.2) is 0 Å². The molecule has 6 aromatic heterocycles. The minimum atomic E-state index is -4.52. The number of imidazole rings is 2. The predicted molar refractivity (Wildman–Crippen MR) is 144 cm³/mol. The molecule has 0 saturated heterocycles. The van der Waals surface area contributed by atoms with Crippen LogP contribution in [0.25, 0.3) is 65.3 Å². The Labute approximate surface area is 227 Å². The number of hydrogen-bond acceptors (Lipinski definition) is 4. The van der Waals surface area contributed by atoms with Crippen molar-refractivity contribution in [2.45, 2.75) is 12.4 Å². The highest BCUT2D eigenvalue weighted by molar-refractivity contribution is 7.14. The summed E-state index contributed by atoms with van der Waals surface area (Å²) < 4.78 is 84.9. The van der Waals surface area contributed by atoms with Gasteiger partial charge >= 0.3 is 12.4 Å². The quantitative estimate of drug-likeness (QED) is 0.190. The Hall–Kier alpha value is -4.16. The first-order valence-electron chi connectivity index (χ1n) is 11.9.